The molecule has 0 saturated carbocycles. The molecule has 0 spiro atoms. The highest BCUT2D eigenvalue weighted by atomic mass is 35.5. The van der Waals surface area contributed by atoms with Crippen molar-refractivity contribution in [3.63, 3.8) is 0 Å². The van der Waals surface area contributed by atoms with Gasteiger partial charge in [-0.2, -0.15) is 0 Å². The first kappa shape index (κ1) is 23.4. The van der Waals surface area contributed by atoms with Crippen molar-refractivity contribution in [2.75, 3.05) is 10.6 Å². The first-order chi connectivity index (χ1) is 16.2. The second kappa shape index (κ2) is 9.60. The van der Waals surface area contributed by atoms with Crippen molar-refractivity contribution in [3.8, 4) is 22.4 Å². The Kier molecular flexibility index (Phi) is 6.60. The summed E-state index contributed by atoms with van der Waals surface area (Å²) in [6.07, 6.45) is 1.46. The molecule has 0 aliphatic heterocycles. The van der Waals surface area contributed by atoms with E-state index in [4.69, 9.17) is 16.7 Å². The predicted molar refractivity (Wildman–Crippen MR) is 133 cm³/mol. The predicted octanol–water partition coefficient (Wildman–Crippen LogP) is 4.81. The van der Waals surface area contributed by atoms with Gasteiger partial charge in [0, 0.05) is 23.9 Å². The lowest BCUT2D eigenvalue weighted by Gasteiger charge is -2.12. The third kappa shape index (κ3) is 5.57. The summed E-state index contributed by atoms with van der Waals surface area (Å²) in [5.41, 5.74) is 3.92. The lowest BCUT2D eigenvalue weighted by Crippen LogP contribution is -2.14. The molecule has 8 nitrogen and oxygen atoms in total. The molecule has 3 aromatic carbocycles. The van der Waals surface area contributed by atoms with E-state index in [1.54, 1.807) is 6.07 Å². The average molecular weight is 494 g/mol. The maximum Gasteiger partial charge on any atom is 0.238 e. The molecule has 4 rings (SSSR count). The topological polar surface area (TPSA) is 127 Å². The van der Waals surface area contributed by atoms with Crippen LogP contribution in [-0.2, 0) is 14.8 Å². The summed E-state index contributed by atoms with van der Waals surface area (Å²) in [5, 5.41) is 11.2. The molecular formula is C24H20ClN5O3S. The number of anilines is 3. The minimum absolute atomic E-state index is 0.175. The molecule has 0 radical (unpaired) electrons. The molecule has 0 bridgehead atoms. The van der Waals surface area contributed by atoms with E-state index < -0.39 is 10.0 Å². The molecule has 1 aromatic heterocycles. The SMILES string of the molecule is CC(=O)Nc1cc(Nc2ncc(Cl)c(-c3cccc(-c4ccccc4)c3)n2)cc(S(N)(=O)=O)c1. The van der Waals surface area contributed by atoms with Gasteiger partial charge in [-0.15, -0.1) is 0 Å². The highest BCUT2D eigenvalue weighted by Gasteiger charge is 2.14. The molecule has 34 heavy (non-hydrogen) atoms. The fourth-order valence-corrected chi connectivity index (χ4v) is 4.13. The fraction of sp³-hybridized carbons (Fsp3) is 0.0417. The van der Waals surface area contributed by atoms with Gasteiger partial charge in [0.15, 0.2) is 0 Å². The molecule has 0 aliphatic carbocycles. The number of hydrogen-bond acceptors (Lipinski definition) is 6. The van der Waals surface area contributed by atoms with E-state index >= 15 is 0 Å². The Morgan fingerprint density at radius 2 is 1.59 bits per heavy atom. The number of rotatable bonds is 6. The van der Waals surface area contributed by atoms with Crippen LogP contribution in [0.1, 0.15) is 6.92 Å². The molecule has 4 aromatic rings. The van der Waals surface area contributed by atoms with Crippen LogP contribution in [0, 0.1) is 0 Å². The van der Waals surface area contributed by atoms with Gasteiger partial charge >= 0.3 is 0 Å². The van der Waals surface area contributed by atoms with Crippen LogP contribution in [0.3, 0.4) is 0 Å². The quantitative estimate of drug-likeness (QED) is 0.353. The van der Waals surface area contributed by atoms with E-state index in [1.165, 1.54) is 25.3 Å². The summed E-state index contributed by atoms with van der Waals surface area (Å²) < 4.78 is 23.8. The van der Waals surface area contributed by atoms with Gasteiger partial charge in [0.25, 0.3) is 0 Å². The summed E-state index contributed by atoms with van der Waals surface area (Å²) in [5.74, 6) is -0.175. The molecule has 172 valence electrons. The number of carbonyl (C=O) groups is 1. The van der Waals surface area contributed by atoms with Crippen molar-refractivity contribution in [3.05, 3.63) is 84.0 Å². The zero-order valence-electron chi connectivity index (χ0n) is 18.0. The number of nitrogens with two attached hydrogens (primary N) is 1. The number of halogens is 1. The second-order valence-electron chi connectivity index (χ2n) is 7.43. The van der Waals surface area contributed by atoms with Crippen LogP contribution in [0.25, 0.3) is 22.4 Å². The molecule has 1 amide bonds. The lowest BCUT2D eigenvalue weighted by molar-refractivity contribution is -0.114. The number of benzene rings is 3. The maximum atomic E-state index is 11.9. The molecule has 1 heterocycles. The van der Waals surface area contributed by atoms with E-state index in [-0.39, 0.29) is 22.4 Å². The summed E-state index contributed by atoms with van der Waals surface area (Å²) in [6, 6.07) is 21.8. The van der Waals surface area contributed by atoms with Crippen molar-refractivity contribution in [1.82, 2.24) is 9.97 Å². The molecule has 10 heteroatoms. The minimum Gasteiger partial charge on any atom is -0.326 e. The molecule has 0 aliphatic rings. The van der Waals surface area contributed by atoms with Crippen molar-refractivity contribution in [1.29, 1.82) is 0 Å². The van der Waals surface area contributed by atoms with Gasteiger partial charge in [-0.3, -0.25) is 4.79 Å². The first-order valence-corrected chi connectivity index (χ1v) is 12.0. The van der Waals surface area contributed by atoms with Crippen LogP contribution in [0.15, 0.2) is 83.9 Å². The molecule has 0 fully saturated rings. The summed E-state index contributed by atoms with van der Waals surface area (Å²) in [7, 11) is -4.02. The van der Waals surface area contributed by atoms with Crippen LogP contribution >= 0.6 is 11.6 Å². The number of amides is 1. The Hall–Kier alpha value is -3.79. The number of aromatic nitrogens is 2. The number of hydrogen-bond donors (Lipinski definition) is 3. The Bertz CT molecular complexity index is 1480. The van der Waals surface area contributed by atoms with Gasteiger partial charge in [0.1, 0.15) is 0 Å². The van der Waals surface area contributed by atoms with Crippen LogP contribution in [0.4, 0.5) is 17.3 Å². The van der Waals surface area contributed by atoms with Gasteiger partial charge in [-0.1, -0.05) is 60.1 Å². The largest absolute Gasteiger partial charge is 0.326 e. The highest BCUT2D eigenvalue weighted by Crippen LogP contribution is 2.31. The highest BCUT2D eigenvalue weighted by molar-refractivity contribution is 7.89. The van der Waals surface area contributed by atoms with Crippen molar-refractivity contribution < 1.29 is 13.2 Å². The third-order valence-electron chi connectivity index (χ3n) is 4.80. The molecule has 0 atom stereocenters. The Balaban J connectivity index is 1.71. The van der Waals surface area contributed by atoms with E-state index in [0.29, 0.717) is 16.4 Å². The van der Waals surface area contributed by atoms with E-state index in [9.17, 15) is 13.2 Å². The lowest BCUT2D eigenvalue weighted by atomic mass is 10.0. The number of carbonyl (C=O) groups excluding carboxylic acids is 1. The number of nitrogens with one attached hydrogen (secondary N) is 2. The third-order valence-corrected chi connectivity index (χ3v) is 5.97. The van der Waals surface area contributed by atoms with Crippen LogP contribution in [-0.4, -0.2) is 24.3 Å². The fourth-order valence-electron chi connectivity index (χ4n) is 3.35. The van der Waals surface area contributed by atoms with Crippen LogP contribution in [0.5, 0.6) is 0 Å². The minimum atomic E-state index is -4.02. The van der Waals surface area contributed by atoms with Crippen LogP contribution in [0.2, 0.25) is 5.02 Å². The van der Waals surface area contributed by atoms with Gasteiger partial charge in [0.2, 0.25) is 21.9 Å². The maximum absolute atomic E-state index is 11.9. The molecule has 0 saturated heterocycles. The monoisotopic (exact) mass is 493 g/mol. The first-order valence-electron chi connectivity index (χ1n) is 10.1. The summed E-state index contributed by atoms with van der Waals surface area (Å²) >= 11 is 6.40. The van der Waals surface area contributed by atoms with Gasteiger partial charge < -0.3 is 10.6 Å². The normalized spacial score (nSPS) is 11.1. The van der Waals surface area contributed by atoms with Gasteiger partial charge in [-0.05, 0) is 35.4 Å². The Morgan fingerprint density at radius 3 is 2.29 bits per heavy atom. The zero-order valence-corrected chi connectivity index (χ0v) is 19.6. The van der Waals surface area contributed by atoms with Crippen molar-refractivity contribution >= 4 is 44.9 Å². The second-order valence-corrected chi connectivity index (χ2v) is 9.40. The standard InChI is InChI=1S/C24H20ClN5O3S/c1-15(31)28-19-11-20(13-21(12-19)34(26,32)33)29-24-27-14-22(25)23(30-24)18-9-5-8-17(10-18)16-6-3-2-4-7-16/h2-14H,1H3,(H,28,31)(H2,26,32,33)(H,27,29,30). The Labute approximate surface area is 201 Å². The smallest absolute Gasteiger partial charge is 0.238 e. The summed E-state index contributed by atoms with van der Waals surface area (Å²) in [6.45, 7) is 1.31. The number of primary sulfonamides is 1. The van der Waals surface area contributed by atoms with E-state index in [0.717, 1.165) is 16.7 Å². The number of sulfonamides is 1. The van der Waals surface area contributed by atoms with Crippen LogP contribution < -0.4 is 15.8 Å². The molecule has 4 N–H and O–H groups in total. The molecular weight excluding hydrogens is 474 g/mol. The molecule has 0 unspecified atom stereocenters. The van der Waals surface area contributed by atoms with Gasteiger partial charge in [0.05, 0.1) is 21.8 Å². The van der Waals surface area contributed by atoms with Crippen molar-refractivity contribution in [2.24, 2.45) is 5.14 Å². The van der Waals surface area contributed by atoms with Gasteiger partial charge in [-0.25, -0.2) is 23.5 Å². The zero-order chi connectivity index (χ0) is 24.3. The Morgan fingerprint density at radius 1 is 0.912 bits per heavy atom. The van der Waals surface area contributed by atoms with Crippen molar-refractivity contribution in [2.45, 2.75) is 11.8 Å². The summed E-state index contributed by atoms with van der Waals surface area (Å²) in [4.78, 5) is 20.0. The van der Waals surface area contributed by atoms with E-state index in [2.05, 4.69) is 20.6 Å². The average Bonchev–Trinajstić information content (AvgIpc) is 2.80. The number of nitrogens with zero attached hydrogens (tertiary/aromatic N) is 2. The van der Waals surface area contributed by atoms with E-state index in [1.807, 2.05) is 54.6 Å².